The Morgan fingerprint density at radius 1 is 0.692 bits per heavy atom. The van der Waals surface area contributed by atoms with E-state index >= 15 is 0 Å². The lowest BCUT2D eigenvalue weighted by atomic mass is 9.67. The third-order valence-corrected chi connectivity index (χ3v) is 3.07. The van der Waals surface area contributed by atoms with Crippen LogP contribution in [-0.4, -0.2) is 17.2 Å². The Labute approximate surface area is 81.5 Å². The molecule has 0 saturated heterocycles. The lowest BCUT2D eigenvalue weighted by molar-refractivity contribution is 0.361. The van der Waals surface area contributed by atoms with Gasteiger partial charge in [0.25, 0.3) is 0 Å². The highest BCUT2D eigenvalue weighted by molar-refractivity contribution is 6.43. The van der Waals surface area contributed by atoms with Gasteiger partial charge in [-0.1, -0.05) is 57.8 Å². The number of hydrogen-bond acceptors (Lipinski definition) is 2. The van der Waals surface area contributed by atoms with Crippen molar-refractivity contribution in [2.24, 2.45) is 0 Å². The molecule has 0 aromatic rings. The summed E-state index contributed by atoms with van der Waals surface area (Å²) in [6, 6.07) is 0. The van der Waals surface area contributed by atoms with Crippen molar-refractivity contribution < 1.29 is 10.0 Å². The molecule has 2 nitrogen and oxygen atoms in total. The van der Waals surface area contributed by atoms with Crippen LogP contribution in [0.1, 0.15) is 57.8 Å². The van der Waals surface area contributed by atoms with Crippen LogP contribution < -0.4 is 0 Å². The van der Waals surface area contributed by atoms with E-state index in [2.05, 4.69) is 0 Å². The van der Waals surface area contributed by atoms with E-state index in [1.54, 1.807) is 0 Å². The Kier molecular flexibility index (Phi) is 5.48. The molecule has 2 N–H and O–H groups in total. The fourth-order valence-corrected chi connectivity index (χ4v) is 2.14. The van der Waals surface area contributed by atoms with Crippen LogP contribution in [0.4, 0.5) is 0 Å². The highest BCUT2D eigenvalue weighted by Gasteiger charge is 2.22. The zero-order chi connectivity index (χ0) is 9.52. The molecular formula is C10H21BO2. The molecule has 0 aliphatic heterocycles. The monoisotopic (exact) mass is 184 g/mol. The average molecular weight is 184 g/mol. The second kappa shape index (κ2) is 6.44. The summed E-state index contributed by atoms with van der Waals surface area (Å²) in [7, 11) is -1.08. The van der Waals surface area contributed by atoms with Crippen LogP contribution in [0.3, 0.4) is 0 Å². The molecular weight excluding hydrogens is 163 g/mol. The molecule has 0 heterocycles. The molecule has 0 aromatic heterocycles. The largest absolute Gasteiger partial charge is 0.454 e. The van der Waals surface area contributed by atoms with Crippen LogP contribution in [-0.2, 0) is 0 Å². The van der Waals surface area contributed by atoms with Crippen molar-refractivity contribution in [3.63, 3.8) is 0 Å². The SMILES string of the molecule is OB(O)C1CCCCCCCCC1. The normalized spacial score (nSPS) is 22.6. The minimum absolute atomic E-state index is 0.137. The Morgan fingerprint density at radius 2 is 1.08 bits per heavy atom. The Balaban J connectivity index is 2.26. The summed E-state index contributed by atoms with van der Waals surface area (Å²) < 4.78 is 0. The van der Waals surface area contributed by atoms with Gasteiger partial charge in [-0.05, 0) is 5.82 Å². The van der Waals surface area contributed by atoms with E-state index in [4.69, 9.17) is 10.0 Å². The molecule has 0 spiro atoms. The highest BCUT2D eigenvalue weighted by Crippen LogP contribution is 2.26. The predicted octanol–water partition coefficient (Wildman–Crippen LogP) is 2.35. The van der Waals surface area contributed by atoms with Gasteiger partial charge in [0.15, 0.2) is 0 Å². The summed E-state index contributed by atoms with van der Waals surface area (Å²) in [4.78, 5) is 0. The first-order chi connectivity index (χ1) is 6.30. The molecule has 1 saturated carbocycles. The molecule has 0 radical (unpaired) electrons. The van der Waals surface area contributed by atoms with E-state index in [-0.39, 0.29) is 5.82 Å². The van der Waals surface area contributed by atoms with Crippen molar-refractivity contribution in [1.29, 1.82) is 0 Å². The van der Waals surface area contributed by atoms with Gasteiger partial charge in [-0.25, -0.2) is 0 Å². The minimum atomic E-state index is -1.08. The van der Waals surface area contributed by atoms with Gasteiger partial charge in [-0.3, -0.25) is 0 Å². The van der Waals surface area contributed by atoms with Gasteiger partial charge >= 0.3 is 7.12 Å². The molecule has 13 heavy (non-hydrogen) atoms. The molecule has 1 fully saturated rings. The van der Waals surface area contributed by atoms with E-state index in [1.165, 1.54) is 44.9 Å². The maximum absolute atomic E-state index is 9.11. The van der Waals surface area contributed by atoms with Crippen molar-refractivity contribution in [2.75, 3.05) is 0 Å². The fraction of sp³-hybridized carbons (Fsp3) is 1.00. The fourth-order valence-electron chi connectivity index (χ4n) is 2.14. The van der Waals surface area contributed by atoms with Gasteiger partial charge in [0.1, 0.15) is 0 Å². The standard InChI is InChI=1S/C10H21BO2/c12-11(13)10-8-6-4-2-1-3-5-7-9-10/h10,12-13H,1-9H2. The number of hydrogen-bond donors (Lipinski definition) is 2. The Bertz CT molecular complexity index is 118. The molecule has 0 atom stereocenters. The first-order valence-electron chi connectivity index (χ1n) is 5.67. The van der Waals surface area contributed by atoms with E-state index < -0.39 is 7.12 Å². The molecule has 0 unspecified atom stereocenters. The zero-order valence-corrected chi connectivity index (χ0v) is 8.41. The van der Waals surface area contributed by atoms with Crippen molar-refractivity contribution >= 4 is 7.12 Å². The van der Waals surface area contributed by atoms with E-state index in [1.807, 2.05) is 0 Å². The van der Waals surface area contributed by atoms with Gasteiger partial charge < -0.3 is 10.0 Å². The van der Waals surface area contributed by atoms with Crippen molar-refractivity contribution in [2.45, 2.75) is 63.6 Å². The second-order valence-electron chi connectivity index (χ2n) is 4.23. The van der Waals surface area contributed by atoms with Crippen LogP contribution in [0.5, 0.6) is 0 Å². The molecule has 0 bridgehead atoms. The summed E-state index contributed by atoms with van der Waals surface area (Å²) in [5, 5.41) is 18.2. The van der Waals surface area contributed by atoms with Crippen LogP contribution in [0.15, 0.2) is 0 Å². The lowest BCUT2D eigenvalue weighted by Gasteiger charge is -2.16. The highest BCUT2D eigenvalue weighted by atomic mass is 16.4. The average Bonchev–Trinajstić information content (AvgIpc) is 2.14. The minimum Gasteiger partial charge on any atom is -0.427 e. The molecule has 1 aliphatic carbocycles. The molecule has 1 aliphatic rings. The van der Waals surface area contributed by atoms with E-state index in [0.29, 0.717) is 0 Å². The molecule has 0 aromatic carbocycles. The van der Waals surface area contributed by atoms with E-state index in [0.717, 1.165) is 12.8 Å². The molecule has 1 rings (SSSR count). The van der Waals surface area contributed by atoms with Gasteiger partial charge in [0, 0.05) is 0 Å². The molecule has 0 amide bonds. The molecule has 76 valence electrons. The van der Waals surface area contributed by atoms with Gasteiger partial charge in [-0.2, -0.15) is 0 Å². The van der Waals surface area contributed by atoms with Crippen molar-refractivity contribution in [1.82, 2.24) is 0 Å². The summed E-state index contributed by atoms with van der Waals surface area (Å²) in [6.45, 7) is 0. The maximum Gasteiger partial charge on any atom is 0.454 e. The summed E-state index contributed by atoms with van der Waals surface area (Å²) in [6.07, 6.45) is 10.9. The van der Waals surface area contributed by atoms with Crippen molar-refractivity contribution in [3.8, 4) is 0 Å². The predicted molar refractivity (Wildman–Crippen MR) is 55.5 cm³/mol. The first-order valence-corrected chi connectivity index (χ1v) is 5.67. The van der Waals surface area contributed by atoms with Crippen LogP contribution in [0, 0.1) is 0 Å². The van der Waals surface area contributed by atoms with Crippen LogP contribution in [0.2, 0.25) is 5.82 Å². The lowest BCUT2D eigenvalue weighted by Crippen LogP contribution is -2.20. The van der Waals surface area contributed by atoms with Crippen molar-refractivity contribution in [3.05, 3.63) is 0 Å². The summed E-state index contributed by atoms with van der Waals surface area (Å²) in [5.74, 6) is 0.137. The molecule has 3 heteroatoms. The topological polar surface area (TPSA) is 40.5 Å². The Morgan fingerprint density at radius 3 is 1.46 bits per heavy atom. The number of rotatable bonds is 1. The summed E-state index contributed by atoms with van der Waals surface area (Å²) in [5.41, 5.74) is 0. The van der Waals surface area contributed by atoms with E-state index in [9.17, 15) is 0 Å². The summed E-state index contributed by atoms with van der Waals surface area (Å²) >= 11 is 0. The van der Waals surface area contributed by atoms with Gasteiger partial charge in [-0.15, -0.1) is 0 Å². The van der Waals surface area contributed by atoms with Gasteiger partial charge in [0.2, 0.25) is 0 Å². The van der Waals surface area contributed by atoms with Crippen LogP contribution >= 0.6 is 0 Å². The third kappa shape index (κ3) is 4.68. The van der Waals surface area contributed by atoms with Gasteiger partial charge in [0.05, 0.1) is 0 Å². The quantitative estimate of drug-likeness (QED) is 0.614. The smallest absolute Gasteiger partial charge is 0.427 e. The zero-order valence-electron chi connectivity index (χ0n) is 8.41. The third-order valence-electron chi connectivity index (χ3n) is 3.07. The van der Waals surface area contributed by atoms with Crippen LogP contribution in [0.25, 0.3) is 0 Å². The maximum atomic E-state index is 9.11. The Hall–Kier alpha value is -0.0151. The first kappa shape index (κ1) is 11.1. The second-order valence-corrected chi connectivity index (χ2v) is 4.23.